The van der Waals surface area contributed by atoms with Gasteiger partial charge in [-0.05, 0) is 43.2 Å². The third-order valence-corrected chi connectivity index (χ3v) is 3.41. The maximum atomic E-state index is 5.98. The lowest BCUT2D eigenvalue weighted by molar-refractivity contribution is 0.567. The molecular weight excluding hydrogens is 262 g/mol. The molecule has 0 spiro atoms. The summed E-state index contributed by atoms with van der Waals surface area (Å²) < 4.78 is 0. The van der Waals surface area contributed by atoms with Crippen molar-refractivity contribution in [2.24, 2.45) is 5.92 Å². The lowest BCUT2D eigenvalue weighted by atomic mass is 10.1. The third-order valence-electron chi connectivity index (χ3n) is 3.24. The molecule has 1 N–H and O–H groups in total. The summed E-state index contributed by atoms with van der Waals surface area (Å²) >= 11 is 5.98. The van der Waals surface area contributed by atoms with Crippen LogP contribution in [0, 0.1) is 5.92 Å². The van der Waals surface area contributed by atoms with E-state index in [0.717, 1.165) is 26.1 Å². The third kappa shape index (κ3) is 4.49. The predicted molar refractivity (Wildman–Crippen MR) is 78.8 cm³/mol. The Morgan fingerprint density at radius 1 is 1.16 bits per heavy atom. The molecule has 0 amide bonds. The van der Waals surface area contributed by atoms with E-state index in [1.54, 1.807) is 0 Å². The minimum Gasteiger partial charge on any atom is -0.354 e. The number of hydrogen-bond acceptors (Lipinski definition) is 5. The first-order valence-corrected chi connectivity index (χ1v) is 7.43. The van der Waals surface area contributed by atoms with Crippen molar-refractivity contribution in [3.63, 3.8) is 0 Å². The molecule has 1 aliphatic rings. The summed E-state index contributed by atoms with van der Waals surface area (Å²) in [4.78, 5) is 15.0. The zero-order chi connectivity index (χ0) is 13.7. The van der Waals surface area contributed by atoms with Crippen LogP contribution in [0.15, 0.2) is 0 Å². The van der Waals surface area contributed by atoms with E-state index >= 15 is 0 Å². The fraction of sp³-hybridized carbons (Fsp3) is 0.769. The van der Waals surface area contributed by atoms with Crippen LogP contribution in [0.5, 0.6) is 0 Å². The monoisotopic (exact) mass is 283 g/mol. The summed E-state index contributed by atoms with van der Waals surface area (Å²) in [5, 5.41) is 3.49. The van der Waals surface area contributed by atoms with Crippen LogP contribution in [0.1, 0.15) is 39.5 Å². The highest BCUT2D eigenvalue weighted by atomic mass is 35.5. The Hall–Kier alpha value is -1.10. The molecule has 1 aliphatic heterocycles. The zero-order valence-corrected chi connectivity index (χ0v) is 12.4. The average Bonchev–Trinajstić information content (AvgIpc) is 2.39. The fourth-order valence-electron chi connectivity index (χ4n) is 2.13. The summed E-state index contributed by atoms with van der Waals surface area (Å²) in [7, 11) is 0. The first kappa shape index (κ1) is 14.3. The summed E-state index contributed by atoms with van der Waals surface area (Å²) in [6.45, 7) is 7.26. The Labute approximate surface area is 119 Å². The molecule has 2 heterocycles. The van der Waals surface area contributed by atoms with E-state index in [1.165, 1.54) is 19.3 Å². The smallest absolute Gasteiger partial charge is 0.231 e. The van der Waals surface area contributed by atoms with E-state index in [2.05, 4.69) is 39.0 Å². The highest BCUT2D eigenvalue weighted by molar-refractivity contribution is 6.28. The van der Waals surface area contributed by atoms with Gasteiger partial charge in [0.15, 0.2) is 0 Å². The van der Waals surface area contributed by atoms with Gasteiger partial charge >= 0.3 is 0 Å². The lowest BCUT2D eigenvalue weighted by Crippen LogP contribution is -2.31. The van der Waals surface area contributed by atoms with Gasteiger partial charge in [-0.15, -0.1) is 0 Å². The maximum Gasteiger partial charge on any atom is 0.231 e. The lowest BCUT2D eigenvalue weighted by Gasteiger charge is -2.26. The number of nitrogens with zero attached hydrogens (tertiary/aromatic N) is 4. The molecule has 0 aliphatic carbocycles. The van der Waals surface area contributed by atoms with Gasteiger partial charge in [-0.25, -0.2) is 0 Å². The normalized spacial score (nSPS) is 15.9. The van der Waals surface area contributed by atoms with E-state index in [9.17, 15) is 0 Å². The van der Waals surface area contributed by atoms with E-state index < -0.39 is 0 Å². The Kier molecular flexibility index (Phi) is 5.19. The first-order valence-electron chi connectivity index (χ1n) is 7.05. The van der Waals surface area contributed by atoms with Crippen LogP contribution in [0.4, 0.5) is 11.9 Å². The highest BCUT2D eigenvalue weighted by Gasteiger charge is 2.15. The number of halogens is 1. The maximum absolute atomic E-state index is 5.98. The van der Waals surface area contributed by atoms with Crippen molar-refractivity contribution in [1.29, 1.82) is 0 Å². The van der Waals surface area contributed by atoms with Crippen LogP contribution in [0.2, 0.25) is 5.28 Å². The fourth-order valence-corrected chi connectivity index (χ4v) is 2.28. The van der Waals surface area contributed by atoms with Crippen LogP contribution in [-0.2, 0) is 0 Å². The second kappa shape index (κ2) is 6.89. The SMILES string of the molecule is CC(C)CCNc1nc(Cl)nc(N2CCCCC2)n1. The van der Waals surface area contributed by atoms with Crippen molar-refractivity contribution in [2.75, 3.05) is 29.9 Å². The van der Waals surface area contributed by atoms with E-state index in [1.807, 2.05) is 0 Å². The minimum atomic E-state index is 0.266. The van der Waals surface area contributed by atoms with Gasteiger partial charge in [-0.3, -0.25) is 0 Å². The van der Waals surface area contributed by atoms with Gasteiger partial charge in [0.05, 0.1) is 0 Å². The number of hydrogen-bond donors (Lipinski definition) is 1. The molecule has 0 aromatic carbocycles. The molecule has 19 heavy (non-hydrogen) atoms. The van der Waals surface area contributed by atoms with Gasteiger partial charge in [0, 0.05) is 19.6 Å². The average molecular weight is 284 g/mol. The summed E-state index contributed by atoms with van der Waals surface area (Å²) in [6, 6.07) is 0. The molecule has 1 fully saturated rings. The topological polar surface area (TPSA) is 53.9 Å². The van der Waals surface area contributed by atoms with Crippen LogP contribution >= 0.6 is 11.6 Å². The van der Waals surface area contributed by atoms with Crippen molar-refractivity contribution >= 4 is 23.5 Å². The molecule has 0 radical (unpaired) electrons. The minimum absolute atomic E-state index is 0.266. The summed E-state index contributed by atoms with van der Waals surface area (Å²) in [5.41, 5.74) is 0. The van der Waals surface area contributed by atoms with Gasteiger partial charge < -0.3 is 10.2 Å². The molecule has 1 aromatic heterocycles. The number of rotatable bonds is 5. The van der Waals surface area contributed by atoms with Crippen molar-refractivity contribution in [3.8, 4) is 0 Å². The summed E-state index contributed by atoms with van der Waals surface area (Å²) in [6.07, 6.45) is 4.76. The van der Waals surface area contributed by atoms with Crippen molar-refractivity contribution in [3.05, 3.63) is 5.28 Å². The second-order valence-electron chi connectivity index (χ2n) is 5.39. The van der Waals surface area contributed by atoms with Gasteiger partial charge in [0.25, 0.3) is 0 Å². The van der Waals surface area contributed by atoms with E-state index in [0.29, 0.717) is 17.8 Å². The molecule has 5 nitrogen and oxygen atoms in total. The predicted octanol–water partition coefficient (Wildman–Crippen LogP) is 2.97. The molecule has 2 rings (SSSR count). The Morgan fingerprint density at radius 2 is 1.89 bits per heavy atom. The van der Waals surface area contributed by atoms with Crippen LogP contribution in [0.3, 0.4) is 0 Å². The van der Waals surface area contributed by atoms with Crippen molar-refractivity contribution < 1.29 is 0 Å². The van der Waals surface area contributed by atoms with Gasteiger partial charge in [-0.1, -0.05) is 13.8 Å². The molecule has 106 valence electrons. The number of aromatic nitrogens is 3. The molecule has 6 heteroatoms. The molecule has 0 atom stereocenters. The Morgan fingerprint density at radius 3 is 2.58 bits per heavy atom. The number of anilines is 2. The Balaban J connectivity index is 2.01. The molecule has 1 saturated heterocycles. The number of nitrogens with one attached hydrogen (secondary N) is 1. The molecule has 1 aromatic rings. The van der Waals surface area contributed by atoms with Crippen molar-refractivity contribution in [1.82, 2.24) is 15.0 Å². The van der Waals surface area contributed by atoms with E-state index in [4.69, 9.17) is 11.6 Å². The summed E-state index contributed by atoms with van der Waals surface area (Å²) in [5.74, 6) is 1.94. The van der Waals surface area contributed by atoms with Crippen LogP contribution < -0.4 is 10.2 Å². The van der Waals surface area contributed by atoms with Crippen molar-refractivity contribution in [2.45, 2.75) is 39.5 Å². The molecular formula is C13H22ClN5. The van der Waals surface area contributed by atoms with Crippen LogP contribution in [0.25, 0.3) is 0 Å². The van der Waals surface area contributed by atoms with Gasteiger partial charge in [0.2, 0.25) is 17.2 Å². The number of piperidine rings is 1. The second-order valence-corrected chi connectivity index (χ2v) is 5.72. The van der Waals surface area contributed by atoms with Crippen LogP contribution in [-0.4, -0.2) is 34.6 Å². The zero-order valence-electron chi connectivity index (χ0n) is 11.7. The quantitative estimate of drug-likeness (QED) is 0.900. The molecule has 0 saturated carbocycles. The first-order chi connectivity index (χ1) is 9.15. The molecule has 0 bridgehead atoms. The largest absolute Gasteiger partial charge is 0.354 e. The standard InChI is InChI=1S/C13H22ClN5/c1-10(2)6-7-15-12-16-11(14)17-13(18-12)19-8-4-3-5-9-19/h10H,3-9H2,1-2H3,(H,15,16,17,18). The molecule has 0 unspecified atom stereocenters. The highest BCUT2D eigenvalue weighted by Crippen LogP contribution is 2.18. The Bertz CT molecular complexity index is 404. The van der Waals surface area contributed by atoms with E-state index in [-0.39, 0.29) is 5.28 Å². The van der Waals surface area contributed by atoms with Gasteiger partial charge in [-0.2, -0.15) is 15.0 Å². The van der Waals surface area contributed by atoms with Gasteiger partial charge in [0.1, 0.15) is 0 Å².